The van der Waals surface area contributed by atoms with Crippen molar-refractivity contribution in [1.82, 2.24) is 5.32 Å². The lowest BCUT2D eigenvalue weighted by Crippen LogP contribution is -2.30. The smallest absolute Gasteiger partial charge is 0.224 e. The van der Waals surface area contributed by atoms with Crippen LogP contribution in [0.4, 0.5) is 5.69 Å². The van der Waals surface area contributed by atoms with E-state index in [1.807, 2.05) is 18.2 Å². The zero-order valence-electron chi connectivity index (χ0n) is 11.7. The summed E-state index contributed by atoms with van der Waals surface area (Å²) in [5.41, 5.74) is 2.17. The first-order valence-electron chi connectivity index (χ1n) is 7.38. The van der Waals surface area contributed by atoms with Gasteiger partial charge in [-0.1, -0.05) is 25.1 Å². The molecule has 19 heavy (non-hydrogen) atoms. The fourth-order valence-electron chi connectivity index (χ4n) is 2.67. The highest BCUT2D eigenvalue weighted by Gasteiger charge is 2.14. The fraction of sp³-hybridized carbons (Fsp3) is 0.562. The van der Waals surface area contributed by atoms with Crippen LogP contribution in [0.2, 0.25) is 0 Å². The number of hydrogen-bond donors (Lipinski definition) is 2. The molecule has 0 aromatic heterocycles. The maximum absolute atomic E-state index is 12.0. The van der Waals surface area contributed by atoms with Crippen LogP contribution in [-0.2, 0) is 11.2 Å². The van der Waals surface area contributed by atoms with E-state index in [1.165, 1.54) is 18.4 Å². The van der Waals surface area contributed by atoms with Crippen molar-refractivity contribution in [3.8, 4) is 0 Å². The van der Waals surface area contributed by atoms with Crippen LogP contribution in [0.25, 0.3) is 0 Å². The molecule has 1 aromatic rings. The van der Waals surface area contributed by atoms with Crippen LogP contribution in [0.5, 0.6) is 0 Å². The van der Waals surface area contributed by atoms with Crippen LogP contribution in [-0.4, -0.2) is 19.0 Å². The van der Waals surface area contributed by atoms with Crippen LogP contribution in [0, 0.1) is 5.92 Å². The van der Waals surface area contributed by atoms with Crippen LogP contribution < -0.4 is 10.6 Å². The minimum Gasteiger partial charge on any atom is -0.326 e. The molecule has 0 spiro atoms. The average molecular weight is 260 g/mol. The molecule has 3 heteroatoms. The summed E-state index contributed by atoms with van der Waals surface area (Å²) in [6, 6.07) is 8.04. The Bertz CT molecular complexity index is 411. The number of amides is 1. The van der Waals surface area contributed by atoms with Gasteiger partial charge in [0.1, 0.15) is 0 Å². The predicted molar refractivity (Wildman–Crippen MR) is 79.3 cm³/mol. The largest absolute Gasteiger partial charge is 0.326 e. The van der Waals surface area contributed by atoms with Crippen molar-refractivity contribution in [2.24, 2.45) is 5.92 Å². The molecular weight excluding hydrogens is 236 g/mol. The number of nitrogens with one attached hydrogen (secondary N) is 2. The molecule has 104 valence electrons. The Hall–Kier alpha value is -1.35. The molecular formula is C16H24N2O. The molecule has 1 aromatic carbocycles. The maximum atomic E-state index is 12.0. The summed E-state index contributed by atoms with van der Waals surface area (Å²) >= 11 is 0. The van der Waals surface area contributed by atoms with E-state index in [0.29, 0.717) is 12.3 Å². The number of carbonyl (C=O) groups excluding carboxylic acids is 1. The lowest BCUT2D eigenvalue weighted by Gasteiger charge is -2.22. The van der Waals surface area contributed by atoms with Crippen molar-refractivity contribution in [3.05, 3.63) is 29.8 Å². The Kier molecular flexibility index (Phi) is 5.40. The number of carbonyl (C=O) groups is 1. The molecule has 0 bridgehead atoms. The van der Waals surface area contributed by atoms with Gasteiger partial charge in [-0.15, -0.1) is 0 Å². The third-order valence-electron chi connectivity index (χ3n) is 3.85. The van der Waals surface area contributed by atoms with Crippen molar-refractivity contribution >= 4 is 11.6 Å². The van der Waals surface area contributed by atoms with Crippen molar-refractivity contribution in [3.63, 3.8) is 0 Å². The number of aryl methyl sites for hydroxylation is 1. The third-order valence-corrected chi connectivity index (χ3v) is 3.85. The summed E-state index contributed by atoms with van der Waals surface area (Å²) in [7, 11) is 0. The normalized spacial score (nSPS) is 19.1. The van der Waals surface area contributed by atoms with E-state index in [0.717, 1.165) is 31.6 Å². The van der Waals surface area contributed by atoms with Gasteiger partial charge in [0, 0.05) is 12.1 Å². The molecule has 2 rings (SSSR count). The molecule has 3 nitrogen and oxygen atoms in total. The molecule has 1 amide bonds. The summed E-state index contributed by atoms with van der Waals surface area (Å²) < 4.78 is 0. The maximum Gasteiger partial charge on any atom is 0.224 e. The van der Waals surface area contributed by atoms with Crippen LogP contribution in [0.3, 0.4) is 0 Å². The monoisotopic (exact) mass is 260 g/mol. The van der Waals surface area contributed by atoms with E-state index in [1.54, 1.807) is 0 Å². The van der Waals surface area contributed by atoms with E-state index in [2.05, 4.69) is 23.6 Å². The lowest BCUT2D eigenvalue weighted by molar-refractivity contribution is -0.116. The van der Waals surface area contributed by atoms with E-state index in [9.17, 15) is 4.79 Å². The van der Waals surface area contributed by atoms with Gasteiger partial charge in [-0.25, -0.2) is 0 Å². The summed E-state index contributed by atoms with van der Waals surface area (Å²) in [5, 5.41) is 6.44. The second-order valence-electron chi connectivity index (χ2n) is 5.31. The van der Waals surface area contributed by atoms with E-state index >= 15 is 0 Å². The molecule has 1 aliphatic rings. The standard InChI is InChI=1S/C16H24N2O/c1-2-14-7-3-4-8-15(14)18-16(19)10-9-13-6-5-11-17-12-13/h3-4,7-8,13,17H,2,5-6,9-12H2,1H3,(H,18,19). The quantitative estimate of drug-likeness (QED) is 0.854. The molecule has 1 aliphatic heterocycles. The number of hydrogen-bond acceptors (Lipinski definition) is 2. The van der Waals surface area contributed by atoms with Crippen LogP contribution in [0.1, 0.15) is 38.2 Å². The Morgan fingerprint density at radius 1 is 1.42 bits per heavy atom. The Morgan fingerprint density at radius 2 is 2.26 bits per heavy atom. The second kappa shape index (κ2) is 7.29. The van der Waals surface area contributed by atoms with Gasteiger partial charge in [-0.05, 0) is 56.3 Å². The van der Waals surface area contributed by atoms with Crippen LogP contribution in [0.15, 0.2) is 24.3 Å². The van der Waals surface area contributed by atoms with Gasteiger partial charge in [-0.3, -0.25) is 4.79 Å². The molecule has 0 aliphatic carbocycles. The Balaban J connectivity index is 1.80. The van der Waals surface area contributed by atoms with Gasteiger partial charge in [0.25, 0.3) is 0 Å². The topological polar surface area (TPSA) is 41.1 Å². The first kappa shape index (κ1) is 14.1. The van der Waals surface area contributed by atoms with Crippen LogP contribution >= 0.6 is 0 Å². The molecule has 0 radical (unpaired) electrons. The molecule has 1 atom stereocenters. The lowest BCUT2D eigenvalue weighted by atomic mass is 9.94. The Labute approximate surface area is 115 Å². The molecule has 2 N–H and O–H groups in total. The second-order valence-corrected chi connectivity index (χ2v) is 5.31. The molecule has 1 saturated heterocycles. The van der Waals surface area contributed by atoms with Gasteiger partial charge in [-0.2, -0.15) is 0 Å². The highest BCUT2D eigenvalue weighted by molar-refractivity contribution is 5.91. The number of piperidine rings is 1. The summed E-state index contributed by atoms with van der Waals surface area (Å²) in [6.07, 6.45) is 5.07. The zero-order valence-corrected chi connectivity index (χ0v) is 11.7. The number of rotatable bonds is 5. The Morgan fingerprint density at radius 3 is 3.00 bits per heavy atom. The van der Waals surface area contributed by atoms with Crippen molar-refractivity contribution in [1.29, 1.82) is 0 Å². The van der Waals surface area contributed by atoms with Gasteiger partial charge >= 0.3 is 0 Å². The average Bonchev–Trinajstić information content (AvgIpc) is 2.47. The summed E-state index contributed by atoms with van der Waals surface area (Å²) in [4.78, 5) is 12.0. The van der Waals surface area contributed by atoms with Crippen molar-refractivity contribution in [2.45, 2.75) is 39.0 Å². The highest BCUT2D eigenvalue weighted by Crippen LogP contribution is 2.18. The SMILES string of the molecule is CCc1ccccc1NC(=O)CCC1CCCNC1. The molecule has 1 unspecified atom stereocenters. The number of benzene rings is 1. The number of para-hydroxylation sites is 1. The minimum absolute atomic E-state index is 0.145. The molecule has 1 fully saturated rings. The molecule has 0 saturated carbocycles. The van der Waals surface area contributed by atoms with Crippen molar-refractivity contribution in [2.75, 3.05) is 18.4 Å². The summed E-state index contributed by atoms with van der Waals surface area (Å²) in [6.45, 7) is 4.31. The van der Waals surface area contributed by atoms with E-state index < -0.39 is 0 Å². The highest BCUT2D eigenvalue weighted by atomic mass is 16.1. The number of anilines is 1. The van der Waals surface area contributed by atoms with Gasteiger partial charge < -0.3 is 10.6 Å². The minimum atomic E-state index is 0.145. The van der Waals surface area contributed by atoms with Gasteiger partial charge in [0.2, 0.25) is 5.91 Å². The van der Waals surface area contributed by atoms with Gasteiger partial charge in [0.05, 0.1) is 0 Å². The molecule has 1 heterocycles. The van der Waals surface area contributed by atoms with Crippen molar-refractivity contribution < 1.29 is 4.79 Å². The van der Waals surface area contributed by atoms with E-state index in [4.69, 9.17) is 0 Å². The predicted octanol–water partition coefficient (Wildman–Crippen LogP) is 2.97. The third kappa shape index (κ3) is 4.35. The first-order chi connectivity index (χ1) is 9.29. The zero-order chi connectivity index (χ0) is 13.5. The van der Waals surface area contributed by atoms with E-state index in [-0.39, 0.29) is 5.91 Å². The summed E-state index contributed by atoms with van der Waals surface area (Å²) in [5.74, 6) is 0.812. The fourth-order valence-corrected chi connectivity index (χ4v) is 2.67. The first-order valence-corrected chi connectivity index (χ1v) is 7.38. The van der Waals surface area contributed by atoms with Gasteiger partial charge in [0.15, 0.2) is 0 Å².